The molecule has 0 fully saturated rings. The van der Waals surface area contributed by atoms with Gasteiger partial charge in [-0.25, -0.2) is 0 Å². The molecule has 0 atom stereocenters. The molecule has 0 aromatic heterocycles. The van der Waals surface area contributed by atoms with Gasteiger partial charge in [0, 0.05) is 17.8 Å². The van der Waals surface area contributed by atoms with E-state index in [1.165, 1.54) is 0 Å². The van der Waals surface area contributed by atoms with Crippen molar-refractivity contribution in [2.45, 2.75) is 13.3 Å². The van der Waals surface area contributed by atoms with Gasteiger partial charge in [-0.3, -0.25) is 9.35 Å². The molecule has 0 heterocycles. The van der Waals surface area contributed by atoms with E-state index in [4.69, 9.17) is 4.55 Å². The van der Waals surface area contributed by atoms with Crippen molar-refractivity contribution < 1.29 is 26.1 Å². The number of carbonyl (C=O) groups excluding carboxylic acids is 1. The Morgan fingerprint density at radius 2 is 2.15 bits per heavy atom. The summed E-state index contributed by atoms with van der Waals surface area (Å²) in [5, 5.41) is 0. The summed E-state index contributed by atoms with van der Waals surface area (Å²) < 4.78 is 36.5. The van der Waals surface area contributed by atoms with Gasteiger partial charge in [-0.1, -0.05) is 0 Å². The molecule has 0 aliphatic heterocycles. The predicted octanol–water partition coefficient (Wildman–Crippen LogP) is 0.407. The molecule has 13 heavy (non-hydrogen) atoms. The first-order chi connectivity index (χ1) is 5.95. The van der Waals surface area contributed by atoms with Crippen LogP contribution in [0.3, 0.4) is 0 Å². The molecule has 78 valence electrons. The first-order valence-corrected chi connectivity index (χ1v) is 5.67. The van der Waals surface area contributed by atoms with Crippen molar-refractivity contribution in [2.24, 2.45) is 0 Å². The number of carbonyl (C=O) groups is 1. The van der Waals surface area contributed by atoms with E-state index in [1.807, 2.05) is 0 Å². The lowest BCUT2D eigenvalue weighted by atomic mass is 10.5. The van der Waals surface area contributed by atoms with Crippen molar-refractivity contribution in [3.8, 4) is 0 Å². The fourth-order valence-corrected chi connectivity index (χ4v) is 1.46. The topological polar surface area (TPSA) is 89.9 Å². The zero-order valence-corrected chi connectivity index (χ0v) is 8.56. The van der Waals surface area contributed by atoms with Crippen LogP contribution in [-0.2, 0) is 23.6 Å². The van der Waals surface area contributed by atoms with E-state index < -0.39 is 16.4 Å². The first-order valence-electron chi connectivity index (χ1n) is 3.40. The van der Waals surface area contributed by atoms with Gasteiger partial charge in [-0.05, 0) is 6.92 Å². The van der Waals surface area contributed by atoms with Crippen molar-refractivity contribution in [3.63, 3.8) is 0 Å². The maximum absolute atomic E-state index is 10.7. The zero-order chi connectivity index (χ0) is 10.3. The Morgan fingerprint density at radius 3 is 2.62 bits per heavy atom. The van der Waals surface area contributed by atoms with E-state index in [-0.39, 0.29) is 18.8 Å². The Labute approximate surface area is 80.8 Å². The number of hydrogen-bond acceptors (Lipinski definition) is 6. The Morgan fingerprint density at radius 1 is 1.54 bits per heavy atom. The van der Waals surface area contributed by atoms with Gasteiger partial charge in [0.1, 0.15) is 0 Å². The van der Waals surface area contributed by atoms with E-state index in [1.54, 1.807) is 6.92 Å². The largest absolute Gasteiger partial charge is 0.466 e. The highest BCUT2D eigenvalue weighted by Crippen LogP contribution is 2.08. The third-order valence-electron chi connectivity index (χ3n) is 0.829. The van der Waals surface area contributed by atoms with Crippen LogP contribution in [0.4, 0.5) is 0 Å². The van der Waals surface area contributed by atoms with E-state index >= 15 is 0 Å². The van der Waals surface area contributed by atoms with Gasteiger partial charge in [0.05, 0.1) is 13.0 Å². The van der Waals surface area contributed by atoms with Crippen molar-refractivity contribution in [1.82, 2.24) is 0 Å². The van der Waals surface area contributed by atoms with Crippen LogP contribution in [0.2, 0.25) is 0 Å². The first kappa shape index (κ1) is 12.7. The highest BCUT2D eigenvalue weighted by molar-refractivity contribution is 8.02. The minimum absolute atomic E-state index is 0.0357. The minimum Gasteiger partial charge on any atom is -0.466 e. The second-order valence-corrected chi connectivity index (χ2v) is 3.92. The summed E-state index contributed by atoms with van der Waals surface area (Å²) in [6, 6.07) is 0. The second-order valence-electron chi connectivity index (χ2n) is 1.87. The molecule has 0 bridgehead atoms. The lowest BCUT2D eigenvalue weighted by molar-refractivity contribution is -0.142. The molecule has 0 aromatic rings. The Hall–Kier alpha value is -0.310. The second kappa shape index (κ2) is 6.19. The lowest BCUT2D eigenvalue weighted by Crippen LogP contribution is -2.05. The van der Waals surface area contributed by atoms with E-state index in [0.29, 0.717) is 12.0 Å². The SMILES string of the molecule is CCOC(=O)CCSOS(=O)(=O)O. The third-order valence-corrected chi connectivity index (χ3v) is 2.27. The van der Waals surface area contributed by atoms with Gasteiger partial charge in [0.15, 0.2) is 0 Å². The molecule has 0 radical (unpaired) electrons. The molecule has 0 amide bonds. The normalized spacial score (nSPS) is 11.2. The van der Waals surface area contributed by atoms with Gasteiger partial charge >= 0.3 is 16.4 Å². The summed E-state index contributed by atoms with van der Waals surface area (Å²) in [5.41, 5.74) is 0. The molecule has 6 nitrogen and oxygen atoms in total. The zero-order valence-electron chi connectivity index (χ0n) is 6.93. The quantitative estimate of drug-likeness (QED) is 0.306. The van der Waals surface area contributed by atoms with Crippen LogP contribution in [0.15, 0.2) is 0 Å². The van der Waals surface area contributed by atoms with Gasteiger partial charge in [-0.15, -0.1) is 0 Å². The van der Waals surface area contributed by atoms with E-state index in [2.05, 4.69) is 8.37 Å². The Bertz CT molecular complexity index is 246. The highest BCUT2D eigenvalue weighted by Gasteiger charge is 2.07. The van der Waals surface area contributed by atoms with Crippen LogP contribution in [0.25, 0.3) is 0 Å². The fourth-order valence-electron chi connectivity index (χ4n) is 0.453. The average Bonchev–Trinajstić information content (AvgIpc) is 1.97. The molecule has 0 aliphatic carbocycles. The van der Waals surface area contributed by atoms with Gasteiger partial charge < -0.3 is 4.74 Å². The van der Waals surface area contributed by atoms with Crippen molar-refractivity contribution in [3.05, 3.63) is 0 Å². The molecule has 0 spiro atoms. The number of esters is 1. The number of hydrogen-bond donors (Lipinski definition) is 1. The Kier molecular flexibility index (Phi) is 6.04. The molecule has 0 saturated heterocycles. The van der Waals surface area contributed by atoms with Crippen molar-refractivity contribution in [1.29, 1.82) is 0 Å². The summed E-state index contributed by atoms with van der Waals surface area (Å²) in [4.78, 5) is 10.7. The average molecular weight is 230 g/mol. The van der Waals surface area contributed by atoms with Gasteiger partial charge in [-0.2, -0.15) is 12.0 Å². The summed E-state index contributed by atoms with van der Waals surface area (Å²) in [6.07, 6.45) is 0.0357. The lowest BCUT2D eigenvalue weighted by Gasteiger charge is -1.99. The van der Waals surface area contributed by atoms with Gasteiger partial charge in [0.2, 0.25) is 0 Å². The van der Waals surface area contributed by atoms with Gasteiger partial charge in [0.25, 0.3) is 0 Å². The maximum atomic E-state index is 10.7. The third kappa shape index (κ3) is 9.61. The van der Waals surface area contributed by atoms with Crippen LogP contribution >= 0.6 is 12.0 Å². The Balaban J connectivity index is 3.41. The highest BCUT2D eigenvalue weighted by atomic mass is 32.3. The molecule has 0 rings (SSSR count). The minimum atomic E-state index is -4.42. The monoisotopic (exact) mass is 230 g/mol. The molecule has 8 heteroatoms. The number of ether oxygens (including phenoxy) is 1. The summed E-state index contributed by atoms with van der Waals surface area (Å²) >= 11 is 0.476. The molecular formula is C5H10O6S2. The van der Waals surface area contributed by atoms with Crippen LogP contribution in [0, 0.1) is 0 Å². The number of rotatable bonds is 6. The van der Waals surface area contributed by atoms with Crippen LogP contribution in [0.5, 0.6) is 0 Å². The van der Waals surface area contributed by atoms with Crippen LogP contribution in [0.1, 0.15) is 13.3 Å². The fraction of sp³-hybridized carbons (Fsp3) is 0.800. The molecule has 1 N–H and O–H groups in total. The summed E-state index contributed by atoms with van der Waals surface area (Å²) in [7, 11) is -4.42. The predicted molar refractivity (Wildman–Crippen MR) is 46.3 cm³/mol. The van der Waals surface area contributed by atoms with Crippen LogP contribution < -0.4 is 0 Å². The molecule has 0 unspecified atom stereocenters. The van der Waals surface area contributed by atoms with Crippen molar-refractivity contribution >= 4 is 28.4 Å². The standard InChI is InChI=1S/C5H10O6S2/c1-2-10-5(6)3-4-12-11-13(7,8)9/h2-4H2,1H3,(H,7,8,9). The maximum Gasteiger partial charge on any atom is 0.408 e. The smallest absolute Gasteiger partial charge is 0.408 e. The van der Waals surface area contributed by atoms with Crippen molar-refractivity contribution in [2.75, 3.05) is 12.4 Å². The molecule has 0 saturated carbocycles. The molecular weight excluding hydrogens is 220 g/mol. The molecule has 0 aromatic carbocycles. The summed E-state index contributed by atoms with van der Waals surface area (Å²) in [5.74, 6) is -0.326. The van der Waals surface area contributed by atoms with E-state index in [0.717, 1.165) is 0 Å². The molecule has 0 aliphatic rings. The summed E-state index contributed by atoms with van der Waals surface area (Å²) in [6.45, 7) is 1.95. The van der Waals surface area contributed by atoms with Crippen LogP contribution in [-0.4, -0.2) is 31.3 Å². The van der Waals surface area contributed by atoms with E-state index in [9.17, 15) is 13.2 Å².